The van der Waals surface area contributed by atoms with Crippen molar-refractivity contribution in [3.8, 4) is 0 Å². The standard InChI is InChI=1S/C5H9Br/c1-3-4-5(2)6/h3-5H,1-2H3/b4-3+/t5-/m0/s1. The van der Waals surface area contributed by atoms with E-state index >= 15 is 0 Å². The third-order valence-corrected chi connectivity index (χ3v) is 0.763. The topological polar surface area (TPSA) is 0 Å². The maximum Gasteiger partial charge on any atom is 0.0296 e. The van der Waals surface area contributed by atoms with E-state index in [4.69, 9.17) is 0 Å². The number of allylic oxidation sites excluding steroid dienone is 2. The Bertz CT molecular complexity index is 45.9. The summed E-state index contributed by atoms with van der Waals surface area (Å²) in [6.45, 7) is 4.10. The molecule has 6 heavy (non-hydrogen) atoms. The van der Waals surface area contributed by atoms with Crippen LogP contribution in [0.3, 0.4) is 0 Å². The van der Waals surface area contributed by atoms with Crippen molar-refractivity contribution in [2.45, 2.75) is 18.7 Å². The Kier molecular flexibility index (Phi) is 3.54. The van der Waals surface area contributed by atoms with Crippen LogP contribution >= 0.6 is 15.9 Å². The van der Waals surface area contributed by atoms with E-state index < -0.39 is 0 Å². The van der Waals surface area contributed by atoms with Gasteiger partial charge in [-0.2, -0.15) is 0 Å². The molecule has 0 saturated heterocycles. The van der Waals surface area contributed by atoms with Gasteiger partial charge in [0.25, 0.3) is 0 Å². The van der Waals surface area contributed by atoms with Gasteiger partial charge in [-0.05, 0) is 13.8 Å². The third kappa shape index (κ3) is 4.22. The lowest BCUT2D eigenvalue weighted by Gasteiger charge is -1.84. The molecule has 0 radical (unpaired) electrons. The molecule has 0 aromatic carbocycles. The first-order valence-electron chi connectivity index (χ1n) is 2.04. The smallest absolute Gasteiger partial charge is 0.0296 e. The maximum atomic E-state index is 3.35. The molecule has 0 saturated carbocycles. The van der Waals surface area contributed by atoms with Gasteiger partial charge < -0.3 is 0 Å². The summed E-state index contributed by atoms with van der Waals surface area (Å²) in [5.74, 6) is 0. The quantitative estimate of drug-likeness (QED) is 0.396. The number of alkyl halides is 1. The Hall–Kier alpha value is 0.220. The zero-order valence-corrected chi connectivity index (χ0v) is 5.70. The minimum atomic E-state index is 0.530. The molecule has 0 aliphatic heterocycles. The van der Waals surface area contributed by atoms with Gasteiger partial charge in [-0.15, -0.1) is 0 Å². The molecule has 0 aromatic heterocycles. The predicted molar refractivity (Wildman–Crippen MR) is 33.2 cm³/mol. The van der Waals surface area contributed by atoms with Crippen LogP contribution < -0.4 is 0 Å². The van der Waals surface area contributed by atoms with Crippen molar-refractivity contribution in [3.63, 3.8) is 0 Å². The van der Waals surface area contributed by atoms with Crippen LogP contribution in [0.1, 0.15) is 13.8 Å². The second-order valence-corrected chi connectivity index (χ2v) is 2.65. The highest BCUT2D eigenvalue weighted by Gasteiger charge is 1.79. The summed E-state index contributed by atoms with van der Waals surface area (Å²) in [6, 6.07) is 0. The van der Waals surface area contributed by atoms with Crippen molar-refractivity contribution in [1.82, 2.24) is 0 Å². The average Bonchev–Trinajstić information content (AvgIpc) is 1.35. The van der Waals surface area contributed by atoms with Gasteiger partial charge in [0.2, 0.25) is 0 Å². The van der Waals surface area contributed by atoms with Crippen molar-refractivity contribution in [3.05, 3.63) is 12.2 Å². The fourth-order valence-corrected chi connectivity index (χ4v) is 0.570. The molecule has 0 N–H and O–H groups in total. The van der Waals surface area contributed by atoms with Gasteiger partial charge in [-0.1, -0.05) is 28.1 Å². The van der Waals surface area contributed by atoms with Crippen LogP contribution in [-0.4, -0.2) is 4.83 Å². The number of halogens is 1. The van der Waals surface area contributed by atoms with Crippen LogP contribution in [0.5, 0.6) is 0 Å². The largest absolute Gasteiger partial charge is 0.0906 e. The van der Waals surface area contributed by atoms with Gasteiger partial charge in [0, 0.05) is 4.83 Å². The van der Waals surface area contributed by atoms with E-state index in [9.17, 15) is 0 Å². The molecule has 0 amide bonds. The van der Waals surface area contributed by atoms with Crippen molar-refractivity contribution >= 4 is 15.9 Å². The van der Waals surface area contributed by atoms with Crippen molar-refractivity contribution in [2.75, 3.05) is 0 Å². The fraction of sp³-hybridized carbons (Fsp3) is 0.600. The minimum Gasteiger partial charge on any atom is -0.0906 e. The van der Waals surface area contributed by atoms with Crippen LogP contribution in [0, 0.1) is 0 Å². The van der Waals surface area contributed by atoms with Crippen molar-refractivity contribution in [2.24, 2.45) is 0 Å². The van der Waals surface area contributed by atoms with Crippen LogP contribution in [0.2, 0.25) is 0 Å². The van der Waals surface area contributed by atoms with E-state index in [2.05, 4.69) is 28.9 Å². The highest BCUT2D eigenvalue weighted by Crippen LogP contribution is 1.96. The summed E-state index contributed by atoms with van der Waals surface area (Å²) in [5, 5.41) is 0. The lowest BCUT2D eigenvalue weighted by Crippen LogP contribution is -1.76. The van der Waals surface area contributed by atoms with Crippen LogP contribution in [0.25, 0.3) is 0 Å². The summed E-state index contributed by atoms with van der Waals surface area (Å²) in [4.78, 5) is 0.530. The molecule has 1 atom stereocenters. The van der Waals surface area contributed by atoms with E-state index in [1.54, 1.807) is 0 Å². The van der Waals surface area contributed by atoms with Gasteiger partial charge in [-0.3, -0.25) is 0 Å². The molecule has 1 heteroatoms. The van der Waals surface area contributed by atoms with Gasteiger partial charge in [0.05, 0.1) is 0 Å². The van der Waals surface area contributed by atoms with E-state index in [1.165, 1.54) is 0 Å². The molecule has 0 bridgehead atoms. The molecule has 0 nitrogen and oxygen atoms in total. The number of hydrogen-bond donors (Lipinski definition) is 0. The number of rotatable bonds is 1. The zero-order chi connectivity index (χ0) is 4.99. The molecular weight excluding hydrogens is 140 g/mol. The first-order valence-corrected chi connectivity index (χ1v) is 2.96. The summed E-state index contributed by atoms with van der Waals surface area (Å²) in [5.41, 5.74) is 0. The van der Waals surface area contributed by atoms with Crippen molar-refractivity contribution < 1.29 is 0 Å². The van der Waals surface area contributed by atoms with Crippen LogP contribution in [0.15, 0.2) is 12.2 Å². The summed E-state index contributed by atoms with van der Waals surface area (Å²) in [6.07, 6.45) is 4.11. The Morgan fingerprint density at radius 1 is 1.67 bits per heavy atom. The zero-order valence-electron chi connectivity index (χ0n) is 4.11. The van der Waals surface area contributed by atoms with Crippen LogP contribution in [-0.2, 0) is 0 Å². The molecule has 0 heterocycles. The second-order valence-electron chi connectivity index (χ2n) is 1.20. The summed E-state index contributed by atoms with van der Waals surface area (Å²) < 4.78 is 0. The molecule has 0 fully saturated rings. The fourth-order valence-electron chi connectivity index (χ4n) is 0.265. The molecular formula is C5H9Br. The Morgan fingerprint density at radius 2 is 2.17 bits per heavy atom. The number of hydrogen-bond acceptors (Lipinski definition) is 0. The Balaban J connectivity index is 3.03. The maximum absolute atomic E-state index is 3.35. The first kappa shape index (κ1) is 6.22. The normalized spacial score (nSPS) is 15.8. The lowest BCUT2D eigenvalue weighted by atomic mass is 10.4. The predicted octanol–water partition coefficient (Wildman–Crippen LogP) is 2.35. The summed E-state index contributed by atoms with van der Waals surface area (Å²) in [7, 11) is 0. The minimum absolute atomic E-state index is 0.530. The molecule has 0 unspecified atom stereocenters. The molecule has 0 rings (SSSR count). The molecule has 0 aliphatic rings. The SMILES string of the molecule is C/C=C/[C@H](C)Br. The lowest BCUT2D eigenvalue weighted by molar-refractivity contribution is 1.27. The molecule has 0 spiro atoms. The van der Waals surface area contributed by atoms with E-state index in [1.807, 2.05) is 13.0 Å². The van der Waals surface area contributed by atoms with E-state index in [0.29, 0.717) is 4.83 Å². The third-order valence-electron chi connectivity index (χ3n) is 0.458. The van der Waals surface area contributed by atoms with Gasteiger partial charge in [-0.25, -0.2) is 0 Å². The van der Waals surface area contributed by atoms with E-state index in [0.717, 1.165) is 0 Å². The molecule has 0 aromatic rings. The van der Waals surface area contributed by atoms with Gasteiger partial charge >= 0.3 is 0 Å². The monoisotopic (exact) mass is 148 g/mol. The Labute approximate surface area is 47.4 Å². The van der Waals surface area contributed by atoms with Crippen molar-refractivity contribution in [1.29, 1.82) is 0 Å². The summed E-state index contributed by atoms with van der Waals surface area (Å²) >= 11 is 3.35. The first-order chi connectivity index (χ1) is 2.77. The molecule has 0 aliphatic carbocycles. The van der Waals surface area contributed by atoms with E-state index in [-0.39, 0.29) is 0 Å². The van der Waals surface area contributed by atoms with Gasteiger partial charge in [0.15, 0.2) is 0 Å². The Morgan fingerprint density at radius 3 is 2.17 bits per heavy atom. The second kappa shape index (κ2) is 3.41. The highest BCUT2D eigenvalue weighted by atomic mass is 79.9. The van der Waals surface area contributed by atoms with Crippen LogP contribution in [0.4, 0.5) is 0 Å². The van der Waals surface area contributed by atoms with Gasteiger partial charge in [0.1, 0.15) is 0 Å². The molecule has 36 valence electrons. The average molecular weight is 149 g/mol. The highest BCUT2D eigenvalue weighted by molar-refractivity contribution is 9.09.